The molecule has 0 unspecified atom stereocenters. The lowest BCUT2D eigenvalue weighted by atomic mass is 9.95. The minimum atomic E-state index is 0.687. The van der Waals surface area contributed by atoms with Crippen molar-refractivity contribution in [3.63, 3.8) is 0 Å². The second-order valence-electron chi connectivity index (χ2n) is 36.2. The van der Waals surface area contributed by atoms with Gasteiger partial charge in [0.25, 0.3) is 0 Å². The van der Waals surface area contributed by atoms with Crippen LogP contribution in [0.15, 0.2) is 485 Å². The predicted molar refractivity (Wildman–Crippen MR) is 580 cm³/mol. The first kappa shape index (κ1) is 78.2. The Morgan fingerprint density at radius 2 is 0.507 bits per heavy atom. The van der Waals surface area contributed by atoms with Crippen LogP contribution in [0.25, 0.3) is 275 Å². The van der Waals surface area contributed by atoms with E-state index in [9.17, 15) is 0 Å². The summed E-state index contributed by atoms with van der Waals surface area (Å²) in [6, 6.07) is 176. The smallest absolute Gasteiger partial charge is 0.160 e. The van der Waals surface area contributed by atoms with Crippen molar-refractivity contribution >= 4 is 174 Å². The van der Waals surface area contributed by atoms with Crippen molar-refractivity contribution in [3.05, 3.63) is 485 Å². The summed E-state index contributed by atoms with van der Waals surface area (Å²) in [5, 5.41) is 26.4. The van der Waals surface area contributed by atoms with Gasteiger partial charge in [0.05, 0.1) is 83.6 Å². The van der Waals surface area contributed by atoms with E-state index in [1.165, 1.54) is 131 Å². The number of hydrogen-bond donors (Lipinski definition) is 0. The standard InChI is InChI=1S/C68H42N4.C62H38N4/c1-3-18-43(19-4-1)48-38-49(44-20-5-2-6-21-44)40-50(39-48)68-69-58-30-15-13-28-55(58)67(70-68)54-35-37-60(53-27-12-11-26-52(53)54)72-62-33-17-32-61(66(62)57-41-46-23-7-8-24-47(46)42-64(57)72)71-59-31-16-14-29-56(59)65-51-25-10-9-22-45(51)34-36-63(65)71;1-2-13-39(14-3-1)40-25-27-42(28-26-40)62-63-53-21-10-8-19-50(53)61(64-62)47-30-29-46-36-48(33-31-45(46)35-47)65-55-23-12-24-56(60(55)52-37-43-16-4-5-17-44(43)38-58(52)65)66-54-22-11-9-20-51(54)59-49-18-7-6-15-41(49)32-34-57(59)66/h1-42H;1-38H. The molecule has 0 saturated heterocycles. The van der Waals surface area contributed by atoms with Gasteiger partial charge < -0.3 is 18.3 Å². The van der Waals surface area contributed by atoms with Crippen molar-refractivity contribution in [3.8, 4) is 101 Å². The Balaban J connectivity index is 0.000000137. The monoisotopic (exact) mass is 1750 g/mol. The fourth-order valence-corrected chi connectivity index (χ4v) is 22.2. The molecule has 29 rings (SSSR count). The third-order valence-corrected chi connectivity index (χ3v) is 28.5. The number of fused-ring (bicyclic) bond motifs is 22. The van der Waals surface area contributed by atoms with Crippen LogP contribution >= 0.6 is 0 Å². The zero-order valence-electron chi connectivity index (χ0n) is 74.8. The number of nitrogens with zero attached hydrogens (tertiary/aromatic N) is 8. The van der Waals surface area contributed by atoms with Crippen LogP contribution in [0.5, 0.6) is 0 Å². The lowest BCUT2D eigenvalue weighted by Crippen LogP contribution is -1.99. The van der Waals surface area contributed by atoms with Gasteiger partial charge in [-0.2, -0.15) is 0 Å². The number of hydrogen-bond acceptors (Lipinski definition) is 4. The van der Waals surface area contributed by atoms with Gasteiger partial charge in [0.1, 0.15) is 0 Å². The van der Waals surface area contributed by atoms with Gasteiger partial charge in [-0.3, -0.25) is 0 Å². The summed E-state index contributed by atoms with van der Waals surface area (Å²) >= 11 is 0. The minimum absolute atomic E-state index is 0.687. The second kappa shape index (κ2) is 31.6. The topological polar surface area (TPSA) is 71.3 Å². The van der Waals surface area contributed by atoms with Crippen LogP contribution in [0.4, 0.5) is 0 Å². The molecule has 0 amide bonds. The van der Waals surface area contributed by atoms with Crippen LogP contribution in [0.3, 0.4) is 0 Å². The van der Waals surface area contributed by atoms with Crippen molar-refractivity contribution in [2.75, 3.05) is 0 Å². The zero-order valence-corrected chi connectivity index (χ0v) is 74.8. The van der Waals surface area contributed by atoms with Gasteiger partial charge in [0, 0.05) is 87.2 Å². The Kier molecular flexibility index (Phi) is 17.9. The number of rotatable bonds is 11. The van der Waals surface area contributed by atoms with E-state index in [0.717, 1.165) is 133 Å². The van der Waals surface area contributed by atoms with E-state index in [0.29, 0.717) is 11.6 Å². The fourth-order valence-electron chi connectivity index (χ4n) is 22.2. The highest BCUT2D eigenvalue weighted by Crippen LogP contribution is 2.49. The third-order valence-electron chi connectivity index (χ3n) is 28.5. The molecule has 8 nitrogen and oxygen atoms in total. The quantitative estimate of drug-likeness (QED) is 0.129. The van der Waals surface area contributed by atoms with Crippen molar-refractivity contribution in [2.24, 2.45) is 0 Å². The van der Waals surface area contributed by atoms with E-state index in [1.54, 1.807) is 0 Å². The largest absolute Gasteiger partial charge is 0.309 e. The first-order valence-corrected chi connectivity index (χ1v) is 47.2. The molecule has 0 atom stereocenters. The van der Waals surface area contributed by atoms with Gasteiger partial charge in [-0.25, -0.2) is 19.9 Å². The molecule has 0 aliphatic carbocycles. The lowest BCUT2D eigenvalue weighted by molar-refractivity contribution is 1.17. The molecule has 6 heterocycles. The molecule has 0 aliphatic rings. The molecule has 23 aromatic carbocycles. The molecule has 640 valence electrons. The van der Waals surface area contributed by atoms with Crippen molar-refractivity contribution < 1.29 is 0 Å². The highest BCUT2D eigenvalue weighted by molar-refractivity contribution is 6.26. The summed E-state index contributed by atoms with van der Waals surface area (Å²) in [5.74, 6) is 1.40. The summed E-state index contributed by atoms with van der Waals surface area (Å²) in [7, 11) is 0. The van der Waals surface area contributed by atoms with Crippen LogP contribution in [-0.2, 0) is 0 Å². The van der Waals surface area contributed by atoms with Crippen molar-refractivity contribution in [1.29, 1.82) is 0 Å². The SMILES string of the molecule is c1ccc(-c2cc(-c3ccccc3)cc(-c3nc(-c4ccc(-n5c6cc7ccccc7cc6c6c(-n7c8ccccc8c8c9ccccc9ccc87)cccc65)c5ccccc45)c4ccccc4n3)c2)cc1.c1ccc(-c2ccc(-c3nc(-c4ccc5cc(-n6c7cc8ccccc8cc7c7c(-n8c9ccccc9c9c%10ccccc%10ccc98)cccc76)ccc5c4)c4ccccc4n3)cc2)cc1. The average molecular weight is 1750 g/mol. The molecule has 0 bridgehead atoms. The normalized spacial score (nSPS) is 11.9. The zero-order chi connectivity index (χ0) is 90.6. The highest BCUT2D eigenvalue weighted by atomic mass is 15.0. The van der Waals surface area contributed by atoms with Gasteiger partial charge in [-0.15, -0.1) is 0 Å². The van der Waals surface area contributed by atoms with Crippen LogP contribution in [0, 0.1) is 0 Å². The summed E-state index contributed by atoms with van der Waals surface area (Å²) in [4.78, 5) is 21.2. The molecular weight excluding hydrogens is 1670 g/mol. The summed E-state index contributed by atoms with van der Waals surface area (Å²) < 4.78 is 9.95. The van der Waals surface area contributed by atoms with Crippen LogP contribution in [0.1, 0.15) is 0 Å². The maximum absolute atomic E-state index is 5.58. The Labute approximate surface area is 793 Å². The molecule has 0 radical (unpaired) electrons. The Morgan fingerprint density at radius 3 is 1.07 bits per heavy atom. The maximum Gasteiger partial charge on any atom is 0.160 e. The van der Waals surface area contributed by atoms with Crippen LogP contribution in [-0.4, -0.2) is 38.2 Å². The van der Waals surface area contributed by atoms with E-state index < -0.39 is 0 Å². The molecule has 0 spiro atoms. The van der Waals surface area contributed by atoms with Gasteiger partial charge in [-0.05, 0) is 220 Å². The number of aromatic nitrogens is 8. The maximum atomic E-state index is 5.58. The highest BCUT2D eigenvalue weighted by Gasteiger charge is 2.28. The molecule has 0 N–H and O–H groups in total. The Hall–Kier alpha value is -18.5. The van der Waals surface area contributed by atoms with E-state index in [-0.39, 0.29) is 0 Å². The van der Waals surface area contributed by atoms with Gasteiger partial charge in [0.2, 0.25) is 0 Å². The second-order valence-corrected chi connectivity index (χ2v) is 36.2. The van der Waals surface area contributed by atoms with E-state index >= 15 is 0 Å². The molecule has 8 heteroatoms. The van der Waals surface area contributed by atoms with Gasteiger partial charge in [0.15, 0.2) is 11.6 Å². The van der Waals surface area contributed by atoms with E-state index in [4.69, 9.17) is 19.9 Å². The number of para-hydroxylation sites is 4. The molecule has 29 aromatic rings. The molecular formula is C130H80N8. The summed E-state index contributed by atoms with van der Waals surface area (Å²) in [5.41, 5.74) is 28.6. The molecule has 0 saturated carbocycles. The third kappa shape index (κ3) is 12.6. The van der Waals surface area contributed by atoms with Gasteiger partial charge >= 0.3 is 0 Å². The van der Waals surface area contributed by atoms with Crippen LogP contribution in [0.2, 0.25) is 0 Å². The van der Waals surface area contributed by atoms with Crippen LogP contribution < -0.4 is 0 Å². The Bertz CT molecular complexity index is 10000. The molecule has 138 heavy (non-hydrogen) atoms. The molecule has 0 fully saturated rings. The van der Waals surface area contributed by atoms with E-state index in [1.807, 2.05) is 6.07 Å². The minimum Gasteiger partial charge on any atom is -0.309 e. The average Bonchev–Trinajstić information content (AvgIpc) is 1.55. The summed E-state index contributed by atoms with van der Waals surface area (Å²) in [6.07, 6.45) is 0. The van der Waals surface area contributed by atoms with Crippen molar-refractivity contribution in [2.45, 2.75) is 0 Å². The Morgan fingerprint density at radius 1 is 0.145 bits per heavy atom. The summed E-state index contributed by atoms with van der Waals surface area (Å²) in [6.45, 7) is 0. The molecule has 0 aliphatic heterocycles. The van der Waals surface area contributed by atoms with Crippen molar-refractivity contribution in [1.82, 2.24) is 38.2 Å². The first-order chi connectivity index (χ1) is 68.4. The van der Waals surface area contributed by atoms with E-state index in [2.05, 4.69) is 498 Å². The first-order valence-electron chi connectivity index (χ1n) is 47.2. The fraction of sp³-hybridized carbons (Fsp3) is 0. The molecule has 6 aromatic heterocycles. The predicted octanol–water partition coefficient (Wildman–Crippen LogP) is 34.2. The lowest BCUT2D eigenvalue weighted by Gasteiger charge is -2.17. The number of benzene rings is 23. The van der Waals surface area contributed by atoms with Gasteiger partial charge in [-0.1, -0.05) is 358 Å².